The average Bonchev–Trinajstić information content (AvgIpc) is 2.37. The Labute approximate surface area is 139 Å². The number of carbonyl (C=O) groups is 1. The van der Waals surface area contributed by atoms with Gasteiger partial charge in [0.15, 0.2) is 0 Å². The van der Waals surface area contributed by atoms with Gasteiger partial charge in [0.25, 0.3) is 10.0 Å². The number of nitrogens with zero attached hydrogens (tertiary/aromatic N) is 1. The van der Waals surface area contributed by atoms with E-state index in [1.165, 1.54) is 12.1 Å². The summed E-state index contributed by atoms with van der Waals surface area (Å²) in [6.07, 6.45) is -0.955. The summed E-state index contributed by atoms with van der Waals surface area (Å²) < 4.78 is 31.0. The molecule has 0 aliphatic rings. The monoisotopic (exact) mass is 387 g/mol. The van der Waals surface area contributed by atoms with E-state index in [0.717, 1.165) is 5.56 Å². The highest BCUT2D eigenvalue weighted by atomic mass is 79.9. The fraction of sp³-hybridized carbons (Fsp3) is 0.400. The molecule has 0 bridgehead atoms. The SMILES string of the molecule is Cc1ccc(S(=O)(=O)N(CC#CBr)C(=O)OC(C)(C)C)cc1. The Morgan fingerprint density at radius 2 is 1.82 bits per heavy atom. The van der Waals surface area contributed by atoms with Gasteiger partial charge in [-0.3, -0.25) is 0 Å². The summed E-state index contributed by atoms with van der Waals surface area (Å²) in [7, 11) is -4.03. The van der Waals surface area contributed by atoms with E-state index in [9.17, 15) is 13.2 Å². The van der Waals surface area contributed by atoms with E-state index < -0.39 is 21.7 Å². The van der Waals surface area contributed by atoms with Gasteiger partial charge in [-0.1, -0.05) is 23.6 Å². The minimum atomic E-state index is -4.03. The van der Waals surface area contributed by atoms with Gasteiger partial charge in [0.2, 0.25) is 0 Å². The van der Waals surface area contributed by atoms with Crippen LogP contribution in [0.3, 0.4) is 0 Å². The van der Waals surface area contributed by atoms with Crippen molar-refractivity contribution < 1.29 is 17.9 Å². The summed E-state index contributed by atoms with van der Waals surface area (Å²) in [6, 6.07) is 6.22. The summed E-state index contributed by atoms with van der Waals surface area (Å²) in [5, 5.41) is 0. The number of ether oxygens (including phenoxy) is 1. The van der Waals surface area contributed by atoms with Crippen molar-refractivity contribution in [2.24, 2.45) is 0 Å². The van der Waals surface area contributed by atoms with Crippen molar-refractivity contribution >= 4 is 32.0 Å². The first-order valence-electron chi connectivity index (χ1n) is 6.49. The van der Waals surface area contributed by atoms with Crippen molar-refractivity contribution in [1.82, 2.24) is 4.31 Å². The van der Waals surface area contributed by atoms with Gasteiger partial charge >= 0.3 is 6.09 Å². The first-order valence-corrected chi connectivity index (χ1v) is 8.72. The van der Waals surface area contributed by atoms with Crippen molar-refractivity contribution in [2.45, 2.75) is 38.2 Å². The molecule has 0 radical (unpaired) electrons. The largest absolute Gasteiger partial charge is 0.443 e. The summed E-state index contributed by atoms with van der Waals surface area (Å²) in [6.45, 7) is 6.54. The Balaban J connectivity index is 3.21. The molecular weight excluding hydrogens is 370 g/mol. The molecule has 0 heterocycles. The molecule has 0 N–H and O–H groups in total. The quantitative estimate of drug-likeness (QED) is 0.746. The number of aryl methyl sites for hydroxylation is 1. The molecule has 1 aromatic rings. The number of rotatable bonds is 3. The lowest BCUT2D eigenvalue weighted by atomic mass is 10.2. The lowest BCUT2D eigenvalue weighted by Gasteiger charge is -2.25. The van der Waals surface area contributed by atoms with E-state index in [1.54, 1.807) is 32.9 Å². The zero-order chi connectivity index (χ0) is 17.0. The molecule has 0 fully saturated rings. The van der Waals surface area contributed by atoms with Gasteiger partial charge in [0.05, 0.1) is 4.90 Å². The fourth-order valence-corrected chi connectivity index (χ4v) is 2.83. The summed E-state index contributed by atoms with van der Waals surface area (Å²) in [5.74, 6) is 2.51. The number of benzene rings is 1. The summed E-state index contributed by atoms with van der Waals surface area (Å²) in [4.78, 5) is 14.6. The molecule has 0 aliphatic heterocycles. The van der Waals surface area contributed by atoms with E-state index in [1.807, 2.05) is 6.92 Å². The van der Waals surface area contributed by atoms with Gasteiger partial charge in [-0.2, -0.15) is 4.31 Å². The molecule has 0 unspecified atom stereocenters. The van der Waals surface area contributed by atoms with Gasteiger partial charge in [0.1, 0.15) is 12.1 Å². The number of halogens is 1. The second kappa shape index (κ2) is 7.16. The standard InChI is InChI=1S/C15H18BrNO4S/c1-12-6-8-13(9-7-12)22(19,20)17(11-5-10-16)14(18)21-15(2,3)4/h6-9H,11H2,1-4H3. The van der Waals surface area contributed by atoms with Crippen LogP contribution in [-0.2, 0) is 14.8 Å². The van der Waals surface area contributed by atoms with E-state index in [-0.39, 0.29) is 11.4 Å². The van der Waals surface area contributed by atoms with Gasteiger partial charge in [0, 0.05) is 15.9 Å². The first kappa shape index (κ1) is 18.5. The van der Waals surface area contributed by atoms with Crippen LogP contribution in [0.15, 0.2) is 29.2 Å². The zero-order valence-electron chi connectivity index (χ0n) is 12.9. The molecule has 5 nitrogen and oxygen atoms in total. The Morgan fingerprint density at radius 1 is 1.27 bits per heavy atom. The molecule has 0 aliphatic carbocycles. The minimum absolute atomic E-state index is 0.0142. The summed E-state index contributed by atoms with van der Waals surface area (Å²) in [5.41, 5.74) is 0.114. The maximum atomic E-state index is 12.6. The van der Waals surface area contributed by atoms with Crippen molar-refractivity contribution in [3.05, 3.63) is 29.8 Å². The van der Waals surface area contributed by atoms with E-state index in [2.05, 4.69) is 26.7 Å². The van der Waals surface area contributed by atoms with Crippen molar-refractivity contribution in [3.63, 3.8) is 0 Å². The molecule has 1 rings (SSSR count). The minimum Gasteiger partial charge on any atom is -0.443 e. The predicted octanol–water partition coefficient (Wildman–Crippen LogP) is 3.28. The molecule has 1 amide bonds. The van der Waals surface area contributed by atoms with E-state index >= 15 is 0 Å². The van der Waals surface area contributed by atoms with Crippen LogP contribution in [0.4, 0.5) is 4.79 Å². The topological polar surface area (TPSA) is 63.7 Å². The highest BCUT2D eigenvalue weighted by molar-refractivity contribution is 9.12. The maximum absolute atomic E-state index is 12.6. The third-order valence-corrected chi connectivity index (χ3v) is 4.50. The molecule has 0 saturated carbocycles. The third-order valence-electron chi connectivity index (χ3n) is 2.50. The Bertz CT molecular complexity index is 694. The number of carbonyl (C=O) groups excluding carboxylic acids is 1. The lowest BCUT2D eigenvalue weighted by Crippen LogP contribution is -2.41. The van der Waals surface area contributed by atoms with Crippen LogP contribution in [0.1, 0.15) is 26.3 Å². The molecular formula is C15H18BrNO4S. The Kier molecular flexibility index (Phi) is 6.03. The number of hydrogen-bond acceptors (Lipinski definition) is 4. The third kappa shape index (κ3) is 5.04. The van der Waals surface area contributed by atoms with Gasteiger partial charge in [-0.25, -0.2) is 13.2 Å². The second-order valence-corrected chi connectivity index (χ2v) is 7.84. The van der Waals surface area contributed by atoms with E-state index in [0.29, 0.717) is 4.31 Å². The van der Waals surface area contributed by atoms with Crippen LogP contribution in [0.5, 0.6) is 0 Å². The molecule has 1 aromatic carbocycles. The highest BCUT2D eigenvalue weighted by Gasteiger charge is 2.32. The van der Waals surface area contributed by atoms with Crippen molar-refractivity contribution in [2.75, 3.05) is 6.54 Å². The maximum Gasteiger partial charge on any atom is 0.425 e. The van der Waals surface area contributed by atoms with Crippen LogP contribution in [0.2, 0.25) is 0 Å². The smallest absolute Gasteiger partial charge is 0.425 e. The molecule has 22 heavy (non-hydrogen) atoms. The fourth-order valence-electron chi connectivity index (χ4n) is 1.50. The molecule has 7 heteroatoms. The second-order valence-electron chi connectivity index (χ2n) is 5.58. The zero-order valence-corrected chi connectivity index (χ0v) is 15.3. The molecule has 0 saturated heterocycles. The molecule has 120 valence electrons. The van der Waals surface area contributed by atoms with Crippen LogP contribution < -0.4 is 0 Å². The van der Waals surface area contributed by atoms with Gasteiger partial charge in [-0.15, -0.1) is 0 Å². The normalized spacial score (nSPS) is 11.3. The average molecular weight is 388 g/mol. The molecule has 0 spiro atoms. The number of hydrogen-bond donors (Lipinski definition) is 0. The highest BCUT2D eigenvalue weighted by Crippen LogP contribution is 2.19. The van der Waals surface area contributed by atoms with E-state index in [4.69, 9.17) is 4.74 Å². The first-order chi connectivity index (χ1) is 10.1. The molecule has 0 atom stereocenters. The Morgan fingerprint density at radius 3 is 2.27 bits per heavy atom. The summed E-state index contributed by atoms with van der Waals surface area (Å²) >= 11 is 2.89. The van der Waals surface area contributed by atoms with Crippen LogP contribution >= 0.6 is 15.9 Å². The van der Waals surface area contributed by atoms with Crippen molar-refractivity contribution in [1.29, 1.82) is 0 Å². The predicted molar refractivity (Wildman–Crippen MR) is 88.0 cm³/mol. The van der Waals surface area contributed by atoms with Crippen molar-refractivity contribution in [3.8, 4) is 10.8 Å². The van der Waals surface area contributed by atoms with Crippen LogP contribution in [0.25, 0.3) is 0 Å². The van der Waals surface area contributed by atoms with Crippen LogP contribution in [-0.4, -0.2) is 31.0 Å². The van der Waals surface area contributed by atoms with Crippen LogP contribution in [0, 0.1) is 17.7 Å². The molecule has 0 aromatic heterocycles. The van der Waals surface area contributed by atoms with Gasteiger partial charge < -0.3 is 4.74 Å². The lowest BCUT2D eigenvalue weighted by molar-refractivity contribution is 0.0406. The number of sulfonamides is 1. The van der Waals surface area contributed by atoms with Gasteiger partial charge in [-0.05, 0) is 44.7 Å². The number of amides is 1. The Hall–Kier alpha value is -1.52.